The predicted octanol–water partition coefficient (Wildman–Crippen LogP) is 4.52. The molecule has 0 bridgehead atoms. The van der Waals surface area contributed by atoms with E-state index in [0.717, 1.165) is 9.13 Å². The number of hydrogen-bond acceptors (Lipinski definition) is 2. The van der Waals surface area contributed by atoms with Crippen molar-refractivity contribution in [3.8, 4) is 0 Å². The second-order valence-electron chi connectivity index (χ2n) is 3.28. The minimum Gasteiger partial charge on any atom is -0.445 e. The van der Waals surface area contributed by atoms with Gasteiger partial charge in [-0.3, -0.25) is 5.32 Å². The summed E-state index contributed by atoms with van der Waals surface area (Å²) in [6, 6.07) is 5.59. The smallest absolute Gasteiger partial charge is 0.411 e. The molecule has 1 aromatic rings. The highest BCUT2D eigenvalue weighted by atomic mass is 127. The largest absolute Gasteiger partial charge is 0.445 e. The quantitative estimate of drug-likeness (QED) is 0.577. The second kappa shape index (κ2) is 6.31. The van der Waals surface area contributed by atoms with Gasteiger partial charge in [-0.25, -0.2) is 4.79 Å². The molecule has 0 spiro atoms. The molecule has 0 radical (unpaired) electrons. The molecule has 7 heteroatoms. The molecule has 0 unspecified atom stereocenters. The second-order valence-corrected chi connectivity index (χ2v) is 7.04. The number of amides is 1. The number of hydrogen-bond donors (Lipinski definition) is 1. The number of carbonyl (C=O) groups excluding carboxylic acids is 1. The minimum absolute atomic E-state index is 0.299. The average Bonchev–Trinajstić information content (AvgIpc) is 2.18. The monoisotopic (exact) mass is 407 g/mol. The maximum atomic E-state index is 11.4. The van der Waals surface area contributed by atoms with Crippen molar-refractivity contribution < 1.29 is 9.53 Å². The van der Waals surface area contributed by atoms with Crippen molar-refractivity contribution >= 4 is 69.2 Å². The van der Waals surface area contributed by atoms with Crippen molar-refractivity contribution in [2.24, 2.45) is 0 Å². The van der Waals surface area contributed by atoms with Gasteiger partial charge in [0.25, 0.3) is 0 Å². The normalized spacial score (nSPS) is 11.1. The first-order valence-corrected chi connectivity index (χ1v) is 6.76. The van der Waals surface area contributed by atoms with E-state index in [2.05, 4.69) is 27.9 Å². The van der Waals surface area contributed by atoms with Crippen LogP contribution in [-0.2, 0) is 4.74 Å². The van der Waals surface area contributed by atoms with Gasteiger partial charge in [-0.2, -0.15) is 0 Å². The van der Waals surface area contributed by atoms with E-state index in [1.807, 2.05) is 19.1 Å². The lowest BCUT2D eigenvalue weighted by molar-refractivity contribution is 0.164. The van der Waals surface area contributed by atoms with Crippen molar-refractivity contribution in [2.75, 3.05) is 11.9 Å². The van der Waals surface area contributed by atoms with Crippen LogP contribution in [-0.4, -0.2) is 16.5 Å². The van der Waals surface area contributed by atoms with E-state index in [9.17, 15) is 4.79 Å². The highest BCUT2D eigenvalue weighted by molar-refractivity contribution is 14.1. The van der Waals surface area contributed by atoms with E-state index < -0.39 is 9.89 Å². The summed E-state index contributed by atoms with van der Waals surface area (Å²) < 4.78 is 4.23. The van der Waals surface area contributed by atoms with E-state index >= 15 is 0 Å². The first-order valence-electron chi connectivity index (χ1n) is 4.54. The molecule has 0 aliphatic carbocycles. The highest BCUT2D eigenvalue weighted by Crippen LogP contribution is 2.26. The number of ether oxygens (including phenoxy) is 1. The van der Waals surface area contributed by atoms with Crippen LogP contribution in [0.3, 0.4) is 0 Å². The van der Waals surface area contributed by atoms with Crippen LogP contribution in [0.25, 0.3) is 0 Å². The van der Waals surface area contributed by atoms with Gasteiger partial charge in [0.2, 0.25) is 3.79 Å². The molecule has 3 nitrogen and oxygen atoms in total. The Morgan fingerprint density at radius 1 is 1.47 bits per heavy atom. The fraction of sp³-hybridized carbons (Fsp3) is 0.300. The maximum Gasteiger partial charge on any atom is 0.411 e. The topological polar surface area (TPSA) is 38.3 Å². The zero-order valence-corrected chi connectivity index (χ0v) is 13.2. The average molecular weight is 408 g/mol. The lowest BCUT2D eigenvalue weighted by Gasteiger charge is -2.13. The lowest BCUT2D eigenvalue weighted by Crippen LogP contribution is -2.21. The molecule has 0 atom stereocenters. The molecule has 0 aliphatic heterocycles. The Kier molecular flexibility index (Phi) is 5.63. The SMILES string of the molecule is Cc1cc(I)ccc1NC(=O)OCC(Cl)(Cl)Cl. The summed E-state index contributed by atoms with van der Waals surface area (Å²) in [5, 5.41) is 2.57. The van der Waals surface area contributed by atoms with Crippen molar-refractivity contribution in [1.29, 1.82) is 0 Å². The van der Waals surface area contributed by atoms with Crippen LogP contribution in [0.15, 0.2) is 18.2 Å². The standard InChI is InChI=1S/C10H9Cl3INO2/c1-6-4-7(14)2-3-8(6)15-9(16)17-5-10(11,12)13/h2-4H,5H2,1H3,(H,15,16). The van der Waals surface area contributed by atoms with Crippen LogP contribution >= 0.6 is 57.4 Å². The number of carbonyl (C=O) groups is 1. The molecule has 1 amide bonds. The number of alkyl halides is 3. The fourth-order valence-electron chi connectivity index (χ4n) is 1.06. The summed E-state index contributed by atoms with van der Waals surface area (Å²) in [6.07, 6.45) is -0.652. The maximum absolute atomic E-state index is 11.4. The molecule has 0 aromatic heterocycles. The van der Waals surface area contributed by atoms with Crippen molar-refractivity contribution in [3.05, 3.63) is 27.3 Å². The Hall–Kier alpha value is 0.0900. The number of rotatable bonds is 2. The van der Waals surface area contributed by atoms with Gasteiger partial charge in [0, 0.05) is 9.26 Å². The number of aryl methyl sites for hydroxylation is 1. The van der Waals surface area contributed by atoms with E-state index in [4.69, 9.17) is 39.5 Å². The molecule has 0 fully saturated rings. The van der Waals surface area contributed by atoms with Crippen LogP contribution in [0.4, 0.5) is 10.5 Å². The summed E-state index contributed by atoms with van der Waals surface area (Å²) in [5.74, 6) is 0. The van der Waals surface area contributed by atoms with Gasteiger partial charge in [-0.1, -0.05) is 34.8 Å². The Morgan fingerprint density at radius 3 is 2.65 bits per heavy atom. The molecular weight excluding hydrogens is 399 g/mol. The van der Waals surface area contributed by atoms with Crippen molar-refractivity contribution in [2.45, 2.75) is 10.7 Å². The van der Waals surface area contributed by atoms with Gasteiger partial charge < -0.3 is 4.74 Å². The number of benzene rings is 1. The van der Waals surface area contributed by atoms with Crippen LogP contribution in [0.5, 0.6) is 0 Å². The molecule has 1 aromatic carbocycles. The van der Waals surface area contributed by atoms with Crippen molar-refractivity contribution in [3.63, 3.8) is 0 Å². The van der Waals surface area contributed by atoms with Crippen LogP contribution in [0.2, 0.25) is 0 Å². The van der Waals surface area contributed by atoms with E-state index in [1.54, 1.807) is 6.07 Å². The minimum atomic E-state index is -1.60. The zero-order chi connectivity index (χ0) is 13.1. The molecule has 1 rings (SSSR count). The molecule has 0 saturated heterocycles. The molecule has 1 N–H and O–H groups in total. The van der Waals surface area contributed by atoms with Gasteiger partial charge in [-0.05, 0) is 53.3 Å². The summed E-state index contributed by atoms with van der Waals surface area (Å²) in [5.41, 5.74) is 1.60. The Morgan fingerprint density at radius 2 is 2.12 bits per heavy atom. The third-order valence-corrected chi connectivity index (χ3v) is 2.79. The predicted molar refractivity (Wildman–Crippen MR) is 79.2 cm³/mol. The van der Waals surface area contributed by atoms with Gasteiger partial charge in [0.05, 0.1) is 0 Å². The summed E-state index contributed by atoms with van der Waals surface area (Å²) in [6.45, 7) is 1.58. The summed E-state index contributed by atoms with van der Waals surface area (Å²) in [4.78, 5) is 11.4. The fourth-order valence-corrected chi connectivity index (χ4v) is 1.87. The first kappa shape index (κ1) is 15.1. The highest BCUT2D eigenvalue weighted by Gasteiger charge is 2.22. The van der Waals surface area contributed by atoms with Crippen LogP contribution in [0, 0.1) is 10.5 Å². The lowest BCUT2D eigenvalue weighted by atomic mass is 10.2. The molecule has 94 valence electrons. The van der Waals surface area contributed by atoms with E-state index in [1.165, 1.54) is 0 Å². The summed E-state index contributed by atoms with van der Waals surface area (Å²) in [7, 11) is 0. The van der Waals surface area contributed by atoms with E-state index in [0.29, 0.717) is 5.69 Å². The third kappa shape index (κ3) is 5.99. The zero-order valence-electron chi connectivity index (χ0n) is 8.77. The molecule has 0 heterocycles. The number of nitrogens with one attached hydrogen (secondary N) is 1. The van der Waals surface area contributed by atoms with Gasteiger partial charge in [0.15, 0.2) is 0 Å². The third-order valence-electron chi connectivity index (χ3n) is 1.79. The molecular formula is C10H9Cl3INO2. The first-order chi connectivity index (χ1) is 7.78. The Labute approximate surface area is 128 Å². The van der Waals surface area contributed by atoms with Gasteiger partial charge in [0.1, 0.15) is 6.61 Å². The molecule has 17 heavy (non-hydrogen) atoms. The van der Waals surface area contributed by atoms with Gasteiger partial charge in [-0.15, -0.1) is 0 Å². The summed E-state index contributed by atoms with van der Waals surface area (Å²) >= 11 is 18.6. The van der Waals surface area contributed by atoms with Gasteiger partial charge >= 0.3 is 6.09 Å². The van der Waals surface area contributed by atoms with Crippen molar-refractivity contribution in [1.82, 2.24) is 0 Å². The molecule has 0 aliphatic rings. The number of anilines is 1. The van der Waals surface area contributed by atoms with E-state index in [-0.39, 0.29) is 6.61 Å². The van der Waals surface area contributed by atoms with Crippen LogP contribution < -0.4 is 5.32 Å². The van der Waals surface area contributed by atoms with Crippen LogP contribution in [0.1, 0.15) is 5.56 Å². The Bertz CT molecular complexity index is 421. The molecule has 0 saturated carbocycles. The number of halogens is 4. The Balaban J connectivity index is 2.57.